The van der Waals surface area contributed by atoms with E-state index in [0.29, 0.717) is 0 Å². The summed E-state index contributed by atoms with van der Waals surface area (Å²) >= 11 is 0. The van der Waals surface area contributed by atoms with Crippen molar-refractivity contribution in [2.75, 3.05) is 11.9 Å². The molecule has 1 N–H and O–H groups in total. The molecule has 0 aliphatic carbocycles. The normalized spacial score (nSPS) is 10.9. The molecule has 0 saturated carbocycles. The van der Waals surface area contributed by atoms with Crippen molar-refractivity contribution in [3.8, 4) is 0 Å². The third kappa shape index (κ3) is 3.60. The number of aliphatic imine (C=N–C) groups is 1. The summed E-state index contributed by atoms with van der Waals surface area (Å²) in [6, 6.07) is 8.03. The number of hydrogen-bond donors (Lipinski definition) is 1. The molecule has 1 aliphatic rings. The second-order valence-corrected chi connectivity index (χ2v) is 2.21. The topological polar surface area (TPSA) is 24.4 Å². The molecule has 2 nitrogen and oxygen atoms in total. The molecule has 0 atom stereocenters. The van der Waals surface area contributed by atoms with Gasteiger partial charge in [-0.2, -0.15) is 0 Å². The molecule has 1 heterocycles. The standard InChI is InChI=1S/C8H8N2.2C2H6/c1-2-4-8-7(3-1)9-5-6-10-8;2*1-2/h1-5,10H,6H2;2*1-2H3. The smallest absolute Gasteiger partial charge is 0.0857 e. The minimum Gasteiger partial charge on any atom is -0.378 e. The van der Waals surface area contributed by atoms with Crippen molar-refractivity contribution in [2.45, 2.75) is 27.7 Å². The van der Waals surface area contributed by atoms with Gasteiger partial charge >= 0.3 is 0 Å². The van der Waals surface area contributed by atoms with Crippen molar-refractivity contribution >= 4 is 17.6 Å². The van der Waals surface area contributed by atoms with Crippen molar-refractivity contribution < 1.29 is 0 Å². The lowest BCUT2D eigenvalue weighted by molar-refractivity contribution is 1.34. The minimum absolute atomic E-state index is 0.844. The zero-order chi connectivity index (χ0) is 10.8. The molecule has 2 rings (SSSR count). The van der Waals surface area contributed by atoms with E-state index in [9.17, 15) is 0 Å². The Hall–Kier alpha value is -1.31. The lowest BCUT2D eigenvalue weighted by Crippen LogP contribution is -2.05. The Labute approximate surface area is 87.1 Å². The number of hydrogen-bond acceptors (Lipinski definition) is 2. The van der Waals surface area contributed by atoms with Crippen LogP contribution in [0.2, 0.25) is 0 Å². The van der Waals surface area contributed by atoms with Crippen LogP contribution in [0.4, 0.5) is 11.4 Å². The van der Waals surface area contributed by atoms with Crippen LogP contribution in [0.15, 0.2) is 29.3 Å². The maximum atomic E-state index is 4.21. The zero-order valence-corrected chi connectivity index (χ0v) is 9.54. The Balaban J connectivity index is 0.000000379. The van der Waals surface area contributed by atoms with Gasteiger partial charge in [-0.3, -0.25) is 4.99 Å². The monoisotopic (exact) mass is 192 g/mol. The maximum absolute atomic E-state index is 4.21. The number of fused-ring (bicyclic) bond motifs is 1. The van der Waals surface area contributed by atoms with Crippen molar-refractivity contribution in [2.24, 2.45) is 4.99 Å². The lowest BCUT2D eigenvalue weighted by atomic mass is 10.2. The van der Waals surface area contributed by atoms with Crippen LogP contribution in [-0.4, -0.2) is 12.8 Å². The molecule has 2 heteroatoms. The highest BCUT2D eigenvalue weighted by molar-refractivity contribution is 5.80. The first-order valence-electron chi connectivity index (χ1n) is 5.32. The second kappa shape index (κ2) is 8.30. The van der Waals surface area contributed by atoms with Crippen LogP contribution < -0.4 is 5.32 Å². The predicted octanol–water partition coefficient (Wildman–Crippen LogP) is 3.87. The Bertz CT molecular complexity index is 267. The van der Waals surface area contributed by atoms with Crippen LogP contribution in [0.25, 0.3) is 0 Å². The van der Waals surface area contributed by atoms with Crippen LogP contribution in [0.5, 0.6) is 0 Å². The Morgan fingerprint density at radius 1 is 1.07 bits per heavy atom. The van der Waals surface area contributed by atoms with Crippen molar-refractivity contribution in [1.82, 2.24) is 0 Å². The van der Waals surface area contributed by atoms with E-state index in [2.05, 4.69) is 10.3 Å². The van der Waals surface area contributed by atoms with Gasteiger partial charge in [0.25, 0.3) is 0 Å². The molecule has 78 valence electrons. The van der Waals surface area contributed by atoms with E-state index in [-0.39, 0.29) is 0 Å². The predicted molar refractivity (Wildman–Crippen MR) is 65.8 cm³/mol. The third-order valence-electron chi connectivity index (χ3n) is 1.52. The van der Waals surface area contributed by atoms with E-state index >= 15 is 0 Å². The molecule has 0 fully saturated rings. The highest BCUT2D eigenvalue weighted by atomic mass is 14.9. The SMILES string of the molecule is C1=Nc2ccccc2NC1.CC.CC. The van der Waals surface area contributed by atoms with Crippen LogP contribution in [0.3, 0.4) is 0 Å². The second-order valence-electron chi connectivity index (χ2n) is 2.21. The third-order valence-corrected chi connectivity index (χ3v) is 1.52. The van der Waals surface area contributed by atoms with Gasteiger partial charge in [-0.25, -0.2) is 0 Å². The molecule has 0 aromatic heterocycles. The van der Waals surface area contributed by atoms with Gasteiger partial charge in [-0.05, 0) is 12.1 Å². The van der Waals surface area contributed by atoms with Crippen LogP contribution in [0, 0.1) is 0 Å². The average molecular weight is 192 g/mol. The minimum atomic E-state index is 0.844. The summed E-state index contributed by atoms with van der Waals surface area (Å²) in [5.41, 5.74) is 2.17. The van der Waals surface area contributed by atoms with Gasteiger partial charge in [-0.15, -0.1) is 0 Å². The number of para-hydroxylation sites is 2. The summed E-state index contributed by atoms with van der Waals surface area (Å²) < 4.78 is 0. The Morgan fingerprint density at radius 2 is 1.71 bits per heavy atom. The quantitative estimate of drug-likeness (QED) is 0.663. The molecule has 0 spiro atoms. The molecule has 1 aromatic carbocycles. The average Bonchev–Trinajstić information content (AvgIpc) is 2.34. The summed E-state index contributed by atoms with van der Waals surface area (Å²) in [6.07, 6.45) is 1.88. The molecule has 0 unspecified atom stereocenters. The Morgan fingerprint density at radius 3 is 2.36 bits per heavy atom. The summed E-state index contributed by atoms with van der Waals surface area (Å²) in [5.74, 6) is 0. The molecule has 0 radical (unpaired) electrons. The number of benzene rings is 1. The first kappa shape index (κ1) is 12.7. The fourth-order valence-electron chi connectivity index (χ4n) is 1.04. The highest BCUT2D eigenvalue weighted by Gasteiger charge is 2.00. The molecule has 1 aliphatic heterocycles. The van der Waals surface area contributed by atoms with Crippen LogP contribution in [-0.2, 0) is 0 Å². The number of nitrogens with zero attached hydrogens (tertiary/aromatic N) is 1. The molecule has 1 aromatic rings. The largest absolute Gasteiger partial charge is 0.378 e. The van der Waals surface area contributed by atoms with Crippen molar-refractivity contribution in [3.05, 3.63) is 24.3 Å². The lowest BCUT2D eigenvalue weighted by Gasteiger charge is -2.10. The van der Waals surface area contributed by atoms with E-state index in [1.165, 1.54) is 0 Å². The molecular formula is C12H20N2. The number of anilines is 1. The van der Waals surface area contributed by atoms with Crippen molar-refractivity contribution in [1.29, 1.82) is 0 Å². The van der Waals surface area contributed by atoms with Gasteiger partial charge in [-0.1, -0.05) is 39.8 Å². The summed E-state index contributed by atoms with van der Waals surface area (Å²) in [5, 5.41) is 3.21. The van der Waals surface area contributed by atoms with Gasteiger partial charge in [0.2, 0.25) is 0 Å². The van der Waals surface area contributed by atoms with E-state index in [1.807, 2.05) is 58.2 Å². The van der Waals surface area contributed by atoms with Gasteiger partial charge < -0.3 is 5.32 Å². The highest BCUT2D eigenvalue weighted by Crippen LogP contribution is 2.24. The summed E-state index contributed by atoms with van der Waals surface area (Å²) in [6.45, 7) is 8.84. The zero-order valence-electron chi connectivity index (χ0n) is 9.54. The fraction of sp³-hybridized carbons (Fsp3) is 0.417. The van der Waals surface area contributed by atoms with E-state index in [1.54, 1.807) is 0 Å². The molecule has 0 saturated heterocycles. The molecule has 0 amide bonds. The van der Waals surface area contributed by atoms with E-state index in [4.69, 9.17) is 0 Å². The van der Waals surface area contributed by atoms with E-state index in [0.717, 1.165) is 17.9 Å². The van der Waals surface area contributed by atoms with Crippen LogP contribution in [0.1, 0.15) is 27.7 Å². The maximum Gasteiger partial charge on any atom is 0.0857 e. The van der Waals surface area contributed by atoms with Gasteiger partial charge in [0.05, 0.1) is 17.9 Å². The van der Waals surface area contributed by atoms with Crippen molar-refractivity contribution in [3.63, 3.8) is 0 Å². The Kier molecular flexibility index (Phi) is 7.52. The van der Waals surface area contributed by atoms with Gasteiger partial charge in [0, 0.05) is 6.21 Å². The fourth-order valence-corrected chi connectivity index (χ4v) is 1.04. The van der Waals surface area contributed by atoms with Crippen LogP contribution >= 0.6 is 0 Å². The first-order chi connectivity index (χ1) is 6.97. The number of nitrogens with one attached hydrogen (secondary N) is 1. The summed E-state index contributed by atoms with van der Waals surface area (Å²) in [7, 11) is 0. The number of rotatable bonds is 0. The van der Waals surface area contributed by atoms with E-state index < -0.39 is 0 Å². The molecule has 14 heavy (non-hydrogen) atoms. The van der Waals surface area contributed by atoms with Gasteiger partial charge in [0.15, 0.2) is 0 Å². The molecular weight excluding hydrogens is 172 g/mol. The molecule has 0 bridgehead atoms. The first-order valence-corrected chi connectivity index (χ1v) is 5.32. The summed E-state index contributed by atoms with van der Waals surface area (Å²) in [4.78, 5) is 4.21. The van der Waals surface area contributed by atoms with Gasteiger partial charge in [0.1, 0.15) is 0 Å².